The van der Waals surface area contributed by atoms with E-state index < -0.39 is 0 Å². The Morgan fingerprint density at radius 1 is 1.14 bits per heavy atom. The summed E-state index contributed by atoms with van der Waals surface area (Å²) in [6.07, 6.45) is 2.63. The Labute approximate surface area is 83.0 Å². The molecule has 14 heavy (non-hydrogen) atoms. The molecule has 2 aromatic rings. The second kappa shape index (κ2) is 4.07. The van der Waals surface area contributed by atoms with Crippen LogP contribution >= 0.6 is 0 Å². The molecule has 0 spiro atoms. The van der Waals surface area contributed by atoms with Crippen LogP contribution in [-0.2, 0) is 13.0 Å². The summed E-state index contributed by atoms with van der Waals surface area (Å²) in [6, 6.07) is 10.2. The average Bonchev–Trinajstić information content (AvgIpc) is 2.71. The lowest BCUT2D eigenvalue weighted by molar-refractivity contribution is 0.966. The number of aromatic amines is 1. The molecule has 0 aliphatic carbocycles. The van der Waals surface area contributed by atoms with Crippen LogP contribution in [0.4, 0.5) is 0 Å². The summed E-state index contributed by atoms with van der Waals surface area (Å²) in [5, 5.41) is 6.86. The molecule has 72 valence electrons. The van der Waals surface area contributed by atoms with Gasteiger partial charge in [0.05, 0.1) is 0 Å². The minimum absolute atomic E-state index is 0.588. The highest BCUT2D eigenvalue weighted by Crippen LogP contribution is 2.11. The first-order chi connectivity index (χ1) is 6.90. The Bertz CT molecular complexity index is 393. The summed E-state index contributed by atoms with van der Waals surface area (Å²) in [6.45, 7) is 0.588. The van der Waals surface area contributed by atoms with Crippen molar-refractivity contribution in [3.05, 3.63) is 53.3 Å². The Hall–Kier alpha value is -1.61. The van der Waals surface area contributed by atoms with Crippen molar-refractivity contribution >= 4 is 0 Å². The molecule has 3 heteroatoms. The van der Waals surface area contributed by atoms with Crippen LogP contribution < -0.4 is 5.73 Å². The quantitative estimate of drug-likeness (QED) is 0.764. The maximum Gasteiger partial charge on any atom is 0.0490 e. The number of hydrogen-bond donors (Lipinski definition) is 2. The van der Waals surface area contributed by atoms with Gasteiger partial charge in [0.25, 0.3) is 0 Å². The molecule has 2 rings (SSSR count). The van der Waals surface area contributed by atoms with Crippen LogP contribution in [0.2, 0.25) is 0 Å². The highest BCUT2D eigenvalue weighted by atomic mass is 15.1. The lowest BCUT2D eigenvalue weighted by atomic mass is 10.0. The minimum Gasteiger partial charge on any atom is -0.326 e. The van der Waals surface area contributed by atoms with Crippen LogP contribution in [0.3, 0.4) is 0 Å². The van der Waals surface area contributed by atoms with Gasteiger partial charge in [0.1, 0.15) is 0 Å². The molecule has 0 amide bonds. The van der Waals surface area contributed by atoms with Gasteiger partial charge in [-0.1, -0.05) is 24.3 Å². The smallest absolute Gasteiger partial charge is 0.0490 e. The second-order valence-electron chi connectivity index (χ2n) is 3.23. The van der Waals surface area contributed by atoms with E-state index in [4.69, 9.17) is 5.73 Å². The Morgan fingerprint density at radius 2 is 1.93 bits per heavy atom. The first-order valence-corrected chi connectivity index (χ1v) is 4.65. The van der Waals surface area contributed by atoms with E-state index in [9.17, 15) is 0 Å². The molecular formula is C11H13N3. The zero-order valence-corrected chi connectivity index (χ0v) is 7.90. The Morgan fingerprint density at radius 3 is 2.57 bits per heavy atom. The first-order valence-electron chi connectivity index (χ1n) is 4.65. The molecule has 0 fully saturated rings. The fourth-order valence-corrected chi connectivity index (χ4v) is 1.52. The number of hydrogen-bond acceptors (Lipinski definition) is 2. The number of nitrogens with one attached hydrogen (secondary N) is 1. The van der Waals surface area contributed by atoms with Gasteiger partial charge in [0, 0.05) is 24.9 Å². The fraction of sp³-hybridized carbons (Fsp3) is 0.182. The fourth-order valence-electron chi connectivity index (χ4n) is 1.52. The molecule has 1 heterocycles. The van der Waals surface area contributed by atoms with Crippen molar-refractivity contribution in [3.8, 4) is 0 Å². The van der Waals surface area contributed by atoms with Crippen molar-refractivity contribution in [2.75, 3.05) is 0 Å². The normalized spacial score (nSPS) is 10.4. The third-order valence-electron chi connectivity index (χ3n) is 2.28. The van der Waals surface area contributed by atoms with Crippen molar-refractivity contribution in [3.63, 3.8) is 0 Å². The maximum atomic E-state index is 5.65. The van der Waals surface area contributed by atoms with Crippen LogP contribution in [0, 0.1) is 0 Å². The highest BCUT2D eigenvalue weighted by molar-refractivity contribution is 5.30. The van der Waals surface area contributed by atoms with Gasteiger partial charge in [0.15, 0.2) is 0 Å². The molecule has 1 aromatic carbocycles. The topological polar surface area (TPSA) is 54.7 Å². The van der Waals surface area contributed by atoms with Crippen molar-refractivity contribution in [1.29, 1.82) is 0 Å². The van der Waals surface area contributed by atoms with Gasteiger partial charge in [-0.05, 0) is 17.2 Å². The summed E-state index contributed by atoms with van der Waals surface area (Å²) < 4.78 is 0. The van der Waals surface area contributed by atoms with Crippen molar-refractivity contribution in [2.45, 2.75) is 13.0 Å². The van der Waals surface area contributed by atoms with E-state index in [1.807, 2.05) is 18.2 Å². The van der Waals surface area contributed by atoms with Crippen molar-refractivity contribution in [1.82, 2.24) is 10.2 Å². The van der Waals surface area contributed by atoms with Crippen molar-refractivity contribution < 1.29 is 0 Å². The third-order valence-corrected chi connectivity index (χ3v) is 2.28. The van der Waals surface area contributed by atoms with Gasteiger partial charge in [-0.3, -0.25) is 5.10 Å². The summed E-state index contributed by atoms with van der Waals surface area (Å²) in [5.41, 5.74) is 9.23. The molecule has 3 nitrogen and oxygen atoms in total. The minimum atomic E-state index is 0.588. The first kappa shape index (κ1) is 8.97. The van der Waals surface area contributed by atoms with Crippen LogP contribution in [-0.4, -0.2) is 10.2 Å². The molecule has 0 aliphatic rings. The van der Waals surface area contributed by atoms with E-state index in [2.05, 4.69) is 22.3 Å². The number of nitrogens with zero attached hydrogens (tertiary/aromatic N) is 1. The van der Waals surface area contributed by atoms with E-state index in [0.29, 0.717) is 6.54 Å². The van der Waals surface area contributed by atoms with Crippen LogP contribution in [0.5, 0.6) is 0 Å². The average molecular weight is 187 g/mol. The SMILES string of the molecule is NCc1ccccc1Cc1ccn[nH]1. The van der Waals surface area contributed by atoms with E-state index >= 15 is 0 Å². The van der Waals surface area contributed by atoms with E-state index in [1.165, 1.54) is 11.1 Å². The molecule has 0 atom stereocenters. The number of rotatable bonds is 3. The van der Waals surface area contributed by atoms with Gasteiger partial charge in [-0.2, -0.15) is 5.10 Å². The third kappa shape index (κ3) is 1.83. The van der Waals surface area contributed by atoms with Crippen LogP contribution in [0.25, 0.3) is 0 Å². The molecule has 0 saturated heterocycles. The van der Waals surface area contributed by atoms with E-state index in [0.717, 1.165) is 12.1 Å². The predicted molar refractivity (Wildman–Crippen MR) is 55.7 cm³/mol. The summed E-state index contributed by atoms with van der Waals surface area (Å²) in [4.78, 5) is 0. The van der Waals surface area contributed by atoms with Gasteiger partial charge in [-0.25, -0.2) is 0 Å². The molecule has 0 bridgehead atoms. The number of H-pyrrole nitrogens is 1. The van der Waals surface area contributed by atoms with Crippen LogP contribution in [0.1, 0.15) is 16.8 Å². The number of aromatic nitrogens is 2. The largest absolute Gasteiger partial charge is 0.326 e. The zero-order valence-electron chi connectivity index (χ0n) is 7.90. The molecule has 3 N–H and O–H groups in total. The van der Waals surface area contributed by atoms with Gasteiger partial charge in [0.2, 0.25) is 0 Å². The molecular weight excluding hydrogens is 174 g/mol. The van der Waals surface area contributed by atoms with Gasteiger partial charge in [-0.15, -0.1) is 0 Å². The number of benzene rings is 1. The summed E-state index contributed by atoms with van der Waals surface area (Å²) in [7, 11) is 0. The zero-order chi connectivity index (χ0) is 9.80. The standard InChI is InChI=1S/C11H13N3/c12-8-10-4-2-1-3-9(10)7-11-5-6-13-14-11/h1-6H,7-8,12H2,(H,13,14). The Kier molecular flexibility index (Phi) is 2.60. The summed E-state index contributed by atoms with van der Waals surface area (Å²) >= 11 is 0. The molecule has 1 aromatic heterocycles. The summed E-state index contributed by atoms with van der Waals surface area (Å²) in [5.74, 6) is 0. The molecule has 0 aliphatic heterocycles. The monoisotopic (exact) mass is 187 g/mol. The second-order valence-corrected chi connectivity index (χ2v) is 3.23. The maximum absolute atomic E-state index is 5.65. The lowest BCUT2D eigenvalue weighted by Crippen LogP contribution is -2.01. The van der Waals surface area contributed by atoms with Gasteiger partial charge < -0.3 is 5.73 Å². The van der Waals surface area contributed by atoms with Crippen molar-refractivity contribution in [2.24, 2.45) is 5.73 Å². The molecule has 0 radical (unpaired) electrons. The number of nitrogens with two attached hydrogens (primary N) is 1. The molecule has 0 saturated carbocycles. The Balaban J connectivity index is 2.24. The van der Waals surface area contributed by atoms with Gasteiger partial charge >= 0.3 is 0 Å². The van der Waals surface area contributed by atoms with E-state index in [-0.39, 0.29) is 0 Å². The predicted octanol–water partition coefficient (Wildman–Crippen LogP) is 1.46. The lowest BCUT2D eigenvalue weighted by Gasteiger charge is -2.05. The molecule has 0 unspecified atom stereocenters. The van der Waals surface area contributed by atoms with Crippen LogP contribution in [0.15, 0.2) is 36.5 Å². The highest BCUT2D eigenvalue weighted by Gasteiger charge is 2.01. The van der Waals surface area contributed by atoms with E-state index in [1.54, 1.807) is 6.20 Å².